The SMILES string of the molecule is CC1(C)CC[C@@H](Br)C1=O. The molecule has 1 aliphatic rings. The van der Waals surface area contributed by atoms with E-state index in [1.165, 1.54) is 0 Å². The van der Waals surface area contributed by atoms with Crippen molar-refractivity contribution in [2.24, 2.45) is 5.41 Å². The van der Waals surface area contributed by atoms with Gasteiger partial charge in [0.15, 0.2) is 5.78 Å². The van der Waals surface area contributed by atoms with Gasteiger partial charge < -0.3 is 0 Å². The minimum Gasteiger partial charge on any atom is -0.298 e. The molecule has 0 heterocycles. The number of ketones is 1. The van der Waals surface area contributed by atoms with Crippen molar-refractivity contribution in [1.29, 1.82) is 0 Å². The minimum atomic E-state index is -0.0613. The van der Waals surface area contributed by atoms with Gasteiger partial charge >= 0.3 is 0 Å². The van der Waals surface area contributed by atoms with Crippen molar-refractivity contribution >= 4 is 21.7 Å². The third kappa shape index (κ3) is 1.18. The van der Waals surface area contributed by atoms with Crippen LogP contribution in [0.25, 0.3) is 0 Å². The van der Waals surface area contributed by atoms with Crippen LogP contribution in [0.15, 0.2) is 0 Å². The molecule has 9 heavy (non-hydrogen) atoms. The number of carbonyl (C=O) groups is 1. The standard InChI is InChI=1S/C7H11BrO/c1-7(2)4-3-5(8)6(7)9/h5H,3-4H2,1-2H3/t5-/m1/s1. The van der Waals surface area contributed by atoms with Gasteiger partial charge in [-0.15, -0.1) is 0 Å². The number of halogens is 1. The lowest BCUT2D eigenvalue weighted by Crippen LogP contribution is -2.21. The van der Waals surface area contributed by atoms with E-state index in [1.807, 2.05) is 13.8 Å². The summed E-state index contributed by atoms with van der Waals surface area (Å²) in [7, 11) is 0. The second kappa shape index (κ2) is 2.08. The number of carbonyl (C=O) groups excluding carboxylic acids is 1. The summed E-state index contributed by atoms with van der Waals surface area (Å²) in [5.74, 6) is 0.363. The number of alkyl halides is 1. The molecule has 1 atom stereocenters. The first-order valence-corrected chi connectivity index (χ1v) is 4.14. The highest BCUT2D eigenvalue weighted by molar-refractivity contribution is 9.10. The molecular weight excluding hydrogens is 180 g/mol. The number of rotatable bonds is 0. The van der Waals surface area contributed by atoms with Crippen LogP contribution in [0.2, 0.25) is 0 Å². The fourth-order valence-electron chi connectivity index (χ4n) is 1.17. The molecule has 0 aromatic carbocycles. The van der Waals surface area contributed by atoms with Crippen molar-refractivity contribution < 1.29 is 4.79 Å². The fraction of sp³-hybridized carbons (Fsp3) is 0.857. The lowest BCUT2D eigenvalue weighted by atomic mass is 9.91. The summed E-state index contributed by atoms with van der Waals surface area (Å²) in [5.41, 5.74) is -0.0613. The van der Waals surface area contributed by atoms with Crippen LogP contribution in [0.1, 0.15) is 26.7 Å². The maximum atomic E-state index is 11.2. The third-order valence-corrected chi connectivity index (χ3v) is 2.85. The zero-order valence-electron chi connectivity index (χ0n) is 5.78. The summed E-state index contributed by atoms with van der Waals surface area (Å²) in [5, 5.41) is 0. The lowest BCUT2D eigenvalue weighted by Gasteiger charge is -2.13. The van der Waals surface area contributed by atoms with Crippen molar-refractivity contribution in [1.82, 2.24) is 0 Å². The molecule has 0 spiro atoms. The molecule has 0 aromatic heterocycles. The van der Waals surface area contributed by atoms with E-state index in [1.54, 1.807) is 0 Å². The smallest absolute Gasteiger partial charge is 0.152 e. The lowest BCUT2D eigenvalue weighted by molar-refractivity contribution is -0.123. The first-order valence-electron chi connectivity index (χ1n) is 3.22. The van der Waals surface area contributed by atoms with Gasteiger partial charge in [-0.1, -0.05) is 29.8 Å². The van der Waals surface area contributed by atoms with Gasteiger partial charge in [0.1, 0.15) is 0 Å². The van der Waals surface area contributed by atoms with Gasteiger partial charge in [0.25, 0.3) is 0 Å². The zero-order valence-corrected chi connectivity index (χ0v) is 7.36. The van der Waals surface area contributed by atoms with Gasteiger partial charge in [-0.2, -0.15) is 0 Å². The van der Waals surface area contributed by atoms with Crippen molar-refractivity contribution in [3.05, 3.63) is 0 Å². The fourth-order valence-corrected chi connectivity index (χ4v) is 2.01. The minimum absolute atomic E-state index is 0.0613. The van der Waals surface area contributed by atoms with E-state index in [4.69, 9.17) is 0 Å². The molecule has 1 aliphatic carbocycles. The van der Waals surface area contributed by atoms with Crippen LogP contribution in [0, 0.1) is 5.41 Å². The summed E-state index contributed by atoms with van der Waals surface area (Å²) in [6.45, 7) is 4.02. The van der Waals surface area contributed by atoms with Crippen LogP contribution in [0.4, 0.5) is 0 Å². The third-order valence-electron chi connectivity index (χ3n) is 1.97. The number of Topliss-reactive ketones (excluding diaryl/α,β-unsaturated/α-hetero) is 1. The predicted octanol–water partition coefficient (Wildman–Crippen LogP) is 2.14. The van der Waals surface area contributed by atoms with Gasteiger partial charge in [-0.3, -0.25) is 4.79 Å². The molecule has 0 radical (unpaired) electrons. The Kier molecular flexibility index (Phi) is 1.68. The molecular formula is C7H11BrO. The molecule has 0 aliphatic heterocycles. The summed E-state index contributed by atoms with van der Waals surface area (Å²) in [6, 6.07) is 0. The topological polar surface area (TPSA) is 17.1 Å². The Morgan fingerprint density at radius 1 is 1.67 bits per heavy atom. The largest absolute Gasteiger partial charge is 0.298 e. The van der Waals surface area contributed by atoms with Crippen molar-refractivity contribution in [3.8, 4) is 0 Å². The second-order valence-corrected chi connectivity index (χ2v) is 4.36. The van der Waals surface area contributed by atoms with Gasteiger partial charge in [0.2, 0.25) is 0 Å². The Morgan fingerprint density at radius 3 is 2.33 bits per heavy atom. The van der Waals surface area contributed by atoms with E-state index in [0.29, 0.717) is 5.78 Å². The molecule has 0 unspecified atom stereocenters. The van der Waals surface area contributed by atoms with Crippen molar-refractivity contribution in [2.75, 3.05) is 0 Å². The normalized spacial score (nSPS) is 33.2. The molecule has 2 heteroatoms. The first-order chi connectivity index (χ1) is 4.04. The Balaban J connectivity index is 2.74. The van der Waals surface area contributed by atoms with Crippen LogP contribution in [0.5, 0.6) is 0 Å². The van der Waals surface area contributed by atoms with Gasteiger partial charge in [-0.25, -0.2) is 0 Å². The molecule has 0 aromatic rings. The van der Waals surface area contributed by atoms with E-state index >= 15 is 0 Å². The molecule has 0 saturated heterocycles. The Hall–Kier alpha value is 0.150. The highest BCUT2D eigenvalue weighted by Crippen LogP contribution is 2.36. The Morgan fingerprint density at radius 2 is 2.22 bits per heavy atom. The van der Waals surface area contributed by atoms with Crippen LogP contribution >= 0.6 is 15.9 Å². The van der Waals surface area contributed by atoms with Crippen molar-refractivity contribution in [2.45, 2.75) is 31.5 Å². The van der Waals surface area contributed by atoms with Gasteiger partial charge in [0, 0.05) is 5.41 Å². The summed E-state index contributed by atoms with van der Waals surface area (Å²) in [6.07, 6.45) is 2.04. The van der Waals surface area contributed by atoms with E-state index in [9.17, 15) is 4.79 Å². The molecule has 0 bridgehead atoms. The highest BCUT2D eigenvalue weighted by Gasteiger charge is 2.38. The average Bonchev–Trinajstić information content (AvgIpc) is 1.97. The van der Waals surface area contributed by atoms with Gasteiger partial charge in [-0.05, 0) is 12.8 Å². The number of hydrogen-bond donors (Lipinski definition) is 0. The van der Waals surface area contributed by atoms with Crippen LogP contribution < -0.4 is 0 Å². The number of hydrogen-bond acceptors (Lipinski definition) is 1. The molecule has 1 nitrogen and oxygen atoms in total. The first kappa shape index (κ1) is 7.26. The van der Waals surface area contributed by atoms with E-state index in [0.717, 1.165) is 12.8 Å². The van der Waals surface area contributed by atoms with E-state index in [-0.39, 0.29) is 10.2 Å². The van der Waals surface area contributed by atoms with Crippen LogP contribution in [-0.2, 0) is 4.79 Å². The Bertz CT molecular complexity index is 140. The Labute approximate surface area is 64.0 Å². The second-order valence-electron chi connectivity index (χ2n) is 3.25. The predicted molar refractivity (Wildman–Crippen MR) is 40.7 cm³/mol. The molecule has 0 N–H and O–H groups in total. The monoisotopic (exact) mass is 190 g/mol. The highest BCUT2D eigenvalue weighted by atomic mass is 79.9. The molecule has 1 rings (SSSR count). The summed E-state index contributed by atoms with van der Waals surface area (Å²) < 4.78 is 0. The van der Waals surface area contributed by atoms with Crippen molar-refractivity contribution in [3.63, 3.8) is 0 Å². The van der Waals surface area contributed by atoms with E-state index < -0.39 is 0 Å². The molecule has 52 valence electrons. The van der Waals surface area contributed by atoms with Crippen LogP contribution in [0.3, 0.4) is 0 Å². The summed E-state index contributed by atoms with van der Waals surface area (Å²) in [4.78, 5) is 11.3. The maximum Gasteiger partial charge on any atom is 0.152 e. The van der Waals surface area contributed by atoms with Gasteiger partial charge in [0.05, 0.1) is 4.83 Å². The average molecular weight is 191 g/mol. The molecule has 1 saturated carbocycles. The van der Waals surface area contributed by atoms with E-state index in [2.05, 4.69) is 15.9 Å². The molecule has 0 amide bonds. The summed E-state index contributed by atoms with van der Waals surface area (Å²) >= 11 is 3.33. The molecule has 1 fully saturated rings. The zero-order chi connectivity index (χ0) is 7.07. The van der Waals surface area contributed by atoms with Crippen LogP contribution in [-0.4, -0.2) is 10.6 Å². The quantitative estimate of drug-likeness (QED) is 0.536. The maximum absolute atomic E-state index is 11.2.